The molecule has 0 aromatic heterocycles. The second kappa shape index (κ2) is 4.44. The molecule has 2 rings (SSSR count). The number of amides is 1. The van der Waals surface area contributed by atoms with Gasteiger partial charge in [0.15, 0.2) is 0 Å². The number of hydrogen-bond donors (Lipinski definition) is 0. The first-order valence-electron chi connectivity index (χ1n) is 5.97. The number of carbonyl (C=O) groups excluding carboxylic acids is 1. The van der Waals surface area contributed by atoms with Gasteiger partial charge >= 0.3 is 0 Å². The van der Waals surface area contributed by atoms with E-state index in [0.29, 0.717) is 16.7 Å². The molecule has 1 atom stereocenters. The van der Waals surface area contributed by atoms with Gasteiger partial charge in [0, 0.05) is 24.3 Å². The molecule has 0 saturated heterocycles. The summed E-state index contributed by atoms with van der Waals surface area (Å²) in [5, 5.41) is 0. The van der Waals surface area contributed by atoms with Crippen molar-refractivity contribution in [3.63, 3.8) is 0 Å². The van der Waals surface area contributed by atoms with Crippen molar-refractivity contribution in [3.8, 4) is 0 Å². The minimum atomic E-state index is 0.259. The highest BCUT2D eigenvalue weighted by atomic mass is 79.9. The molecule has 86 valence electrons. The molecule has 15 heavy (non-hydrogen) atoms. The van der Waals surface area contributed by atoms with E-state index < -0.39 is 0 Å². The monoisotopic (exact) mass is 273 g/mol. The van der Waals surface area contributed by atoms with Gasteiger partial charge in [-0.3, -0.25) is 4.79 Å². The van der Waals surface area contributed by atoms with Crippen LogP contribution in [0.2, 0.25) is 0 Å². The molecule has 0 bridgehead atoms. The molecule has 0 N–H and O–H groups in total. The topological polar surface area (TPSA) is 20.3 Å². The van der Waals surface area contributed by atoms with Gasteiger partial charge < -0.3 is 4.90 Å². The number of carbonyl (C=O) groups is 1. The second-order valence-electron chi connectivity index (χ2n) is 5.28. The van der Waals surface area contributed by atoms with Crippen molar-refractivity contribution in [2.24, 2.45) is 17.8 Å². The quantitative estimate of drug-likeness (QED) is 0.722. The molecule has 2 saturated carbocycles. The molecule has 2 aliphatic rings. The van der Waals surface area contributed by atoms with Crippen LogP contribution in [0, 0.1) is 17.8 Å². The van der Waals surface area contributed by atoms with Gasteiger partial charge in [-0.15, -0.1) is 0 Å². The minimum absolute atomic E-state index is 0.259. The van der Waals surface area contributed by atoms with Crippen LogP contribution in [0.3, 0.4) is 0 Å². The van der Waals surface area contributed by atoms with Crippen LogP contribution in [-0.2, 0) is 4.79 Å². The molecule has 2 nitrogen and oxygen atoms in total. The first-order valence-corrected chi connectivity index (χ1v) is 6.88. The summed E-state index contributed by atoms with van der Waals surface area (Å²) in [6.45, 7) is 3.04. The van der Waals surface area contributed by atoms with E-state index >= 15 is 0 Å². The van der Waals surface area contributed by atoms with E-state index in [4.69, 9.17) is 0 Å². The molecule has 2 fully saturated rings. The van der Waals surface area contributed by atoms with E-state index in [0.717, 1.165) is 12.5 Å². The Morgan fingerprint density at radius 1 is 1.47 bits per heavy atom. The Morgan fingerprint density at radius 3 is 2.53 bits per heavy atom. The average Bonchev–Trinajstić information content (AvgIpc) is 2.96. The molecule has 0 radical (unpaired) electrons. The smallest absolute Gasteiger partial charge is 0.225 e. The molecule has 0 heterocycles. The van der Waals surface area contributed by atoms with E-state index in [9.17, 15) is 4.79 Å². The van der Waals surface area contributed by atoms with Crippen molar-refractivity contribution >= 4 is 21.8 Å². The van der Waals surface area contributed by atoms with E-state index in [1.54, 1.807) is 0 Å². The Bertz CT molecular complexity index is 246. The third-order valence-corrected chi connectivity index (χ3v) is 4.55. The van der Waals surface area contributed by atoms with Crippen LogP contribution >= 0.6 is 15.9 Å². The van der Waals surface area contributed by atoms with Crippen LogP contribution in [0.25, 0.3) is 0 Å². The second-order valence-corrected chi connectivity index (χ2v) is 6.57. The highest BCUT2D eigenvalue weighted by Crippen LogP contribution is 2.38. The molecule has 3 heteroatoms. The van der Waals surface area contributed by atoms with E-state index in [1.807, 2.05) is 11.9 Å². The zero-order valence-electron chi connectivity index (χ0n) is 9.58. The maximum atomic E-state index is 12.0. The predicted molar refractivity (Wildman–Crippen MR) is 65.0 cm³/mol. The predicted octanol–water partition coefficient (Wildman–Crippen LogP) is 2.66. The lowest BCUT2D eigenvalue weighted by molar-refractivity contribution is -0.135. The number of halogens is 1. The fourth-order valence-corrected chi connectivity index (χ4v) is 3.48. The fourth-order valence-electron chi connectivity index (χ4n) is 2.43. The van der Waals surface area contributed by atoms with Crippen molar-refractivity contribution in [3.05, 3.63) is 0 Å². The van der Waals surface area contributed by atoms with E-state index in [2.05, 4.69) is 22.9 Å². The number of nitrogens with zero attached hydrogens (tertiary/aromatic N) is 1. The largest absolute Gasteiger partial charge is 0.345 e. The summed E-state index contributed by atoms with van der Waals surface area (Å²) >= 11 is 3.59. The van der Waals surface area contributed by atoms with Crippen LogP contribution in [0.1, 0.15) is 32.6 Å². The fraction of sp³-hybridized carbons (Fsp3) is 0.917. The molecule has 1 unspecified atom stereocenters. The highest BCUT2D eigenvalue weighted by molar-refractivity contribution is 9.09. The zero-order valence-corrected chi connectivity index (χ0v) is 11.2. The van der Waals surface area contributed by atoms with E-state index in [-0.39, 0.29) is 5.92 Å². The van der Waals surface area contributed by atoms with Crippen molar-refractivity contribution in [2.75, 3.05) is 13.6 Å². The summed E-state index contributed by atoms with van der Waals surface area (Å²) in [5.74, 6) is 2.03. The Morgan fingerprint density at radius 2 is 2.07 bits per heavy atom. The molecule has 0 aliphatic heterocycles. The van der Waals surface area contributed by atoms with Gasteiger partial charge in [-0.2, -0.15) is 0 Å². The Balaban J connectivity index is 1.74. The van der Waals surface area contributed by atoms with Gasteiger partial charge in [0.25, 0.3) is 0 Å². The van der Waals surface area contributed by atoms with Crippen LogP contribution < -0.4 is 0 Å². The molecular formula is C12H20BrNO. The first kappa shape index (κ1) is 11.4. The van der Waals surface area contributed by atoms with Gasteiger partial charge in [0.1, 0.15) is 0 Å². The lowest BCUT2D eigenvalue weighted by atomic mass is 9.85. The van der Waals surface area contributed by atoms with Gasteiger partial charge in [-0.05, 0) is 37.5 Å². The molecule has 0 aromatic rings. The van der Waals surface area contributed by atoms with Gasteiger partial charge in [0.05, 0.1) is 0 Å². The Labute approximate surface area is 101 Å². The maximum absolute atomic E-state index is 12.0. The van der Waals surface area contributed by atoms with Crippen LogP contribution in [-0.4, -0.2) is 29.2 Å². The van der Waals surface area contributed by atoms with Gasteiger partial charge in [-0.25, -0.2) is 0 Å². The molecule has 0 spiro atoms. The van der Waals surface area contributed by atoms with Crippen LogP contribution in [0.15, 0.2) is 0 Å². The standard InChI is InChI=1S/C12H20BrNO/c1-8(10-3-4-10)12(15)14(2)7-9-5-11(13)6-9/h8-11H,3-7H2,1-2H3. The lowest BCUT2D eigenvalue weighted by Gasteiger charge is -2.35. The summed E-state index contributed by atoms with van der Waals surface area (Å²) in [6, 6.07) is 0. The zero-order chi connectivity index (χ0) is 11.0. The number of alkyl halides is 1. The SMILES string of the molecule is CC(C(=O)N(C)CC1CC(Br)C1)C1CC1. The van der Waals surface area contributed by atoms with Crippen molar-refractivity contribution in [1.82, 2.24) is 4.90 Å². The summed E-state index contributed by atoms with van der Waals surface area (Å²) in [4.78, 5) is 14.6. The lowest BCUT2D eigenvalue weighted by Crippen LogP contribution is -2.40. The average molecular weight is 274 g/mol. The molecule has 0 aromatic carbocycles. The molecular weight excluding hydrogens is 254 g/mol. The van der Waals surface area contributed by atoms with Crippen molar-refractivity contribution in [1.29, 1.82) is 0 Å². The molecule has 1 amide bonds. The van der Waals surface area contributed by atoms with Crippen molar-refractivity contribution in [2.45, 2.75) is 37.4 Å². The third kappa shape index (κ3) is 2.74. The van der Waals surface area contributed by atoms with E-state index in [1.165, 1.54) is 25.7 Å². The summed E-state index contributed by atoms with van der Waals surface area (Å²) < 4.78 is 0. The summed E-state index contributed by atoms with van der Waals surface area (Å²) in [6.07, 6.45) is 4.98. The first-order chi connectivity index (χ1) is 7.08. The Hall–Kier alpha value is -0.0500. The molecule has 2 aliphatic carbocycles. The van der Waals surface area contributed by atoms with Crippen LogP contribution in [0.4, 0.5) is 0 Å². The van der Waals surface area contributed by atoms with Crippen LogP contribution in [0.5, 0.6) is 0 Å². The summed E-state index contributed by atoms with van der Waals surface area (Å²) in [7, 11) is 1.96. The van der Waals surface area contributed by atoms with Gasteiger partial charge in [0.2, 0.25) is 5.91 Å². The normalized spacial score (nSPS) is 31.9. The number of hydrogen-bond acceptors (Lipinski definition) is 1. The van der Waals surface area contributed by atoms with Gasteiger partial charge in [-0.1, -0.05) is 22.9 Å². The number of rotatable bonds is 4. The maximum Gasteiger partial charge on any atom is 0.225 e. The highest BCUT2D eigenvalue weighted by Gasteiger charge is 2.35. The summed E-state index contributed by atoms with van der Waals surface area (Å²) in [5.41, 5.74) is 0. The van der Waals surface area contributed by atoms with Crippen molar-refractivity contribution < 1.29 is 4.79 Å². The third-order valence-electron chi connectivity index (χ3n) is 3.81. The Kier molecular flexibility index (Phi) is 3.39. The minimum Gasteiger partial charge on any atom is -0.345 e.